The zero-order chi connectivity index (χ0) is 11.1. The van der Waals surface area contributed by atoms with Gasteiger partial charge in [0.1, 0.15) is 5.65 Å². The van der Waals surface area contributed by atoms with Crippen molar-refractivity contribution in [3.05, 3.63) is 30.2 Å². The van der Waals surface area contributed by atoms with Gasteiger partial charge in [-0.1, -0.05) is 0 Å². The first-order chi connectivity index (χ1) is 6.94. The van der Waals surface area contributed by atoms with Crippen LogP contribution in [-0.2, 0) is 0 Å². The number of pyridine rings is 1. The third kappa shape index (κ3) is 2.44. The van der Waals surface area contributed by atoms with Gasteiger partial charge in [-0.25, -0.2) is 4.98 Å². The van der Waals surface area contributed by atoms with Gasteiger partial charge < -0.3 is 4.40 Å². The maximum Gasteiger partial charge on any atom is 0.446 e. The number of aromatic nitrogens is 2. The third-order valence-electron chi connectivity index (χ3n) is 1.79. The number of imidazole rings is 1. The van der Waals surface area contributed by atoms with Crippen molar-refractivity contribution in [2.45, 2.75) is 17.3 Å². The fourth-order valence-electron chi connectivity index (χ4n) is 1.29. The SMILES string of the molecule is Cc1cn2ccc(SC(F)(F)F)cc2n1. The molecule has 2 rings (SSSR count). The maximum absolute atomic E-state index is 12.1. The molecule has 2 aromatic rings. The van der Waals surface area contributed by atoms with E-state index in [9.17, 15) is 13.2 Å². The third-order valence-corrected chi connectivity index (χ3v) is 2.51. The van der Waals surface area contributed by atoms with Crippen LogP contribution >= 0.6 is 11.8 Å². The minimum absolute atomic E-state index is 0.128. The summed E-state index contributed by atoms with van der Waals surface area (Å²) in [6, 6.07) is 2.84. The molecule has 2 aromatic heterocycles. The van der Waals surface area contributed by atoms with Gasteiger partial charge in [0, 0.05) is 17.3 Å². The molecular formula is C9H7F3N2S. The largest absolute Gasteiger partial charge is 0.446 e. The summed E-state index contributed by atoms with van der Waals surface area (Å²) in [4.78, 5) is 4.24. The van der Waals surface area contributed by atoms with Crippen molar-refractivity contribution in [1.82, 2.24) is 9.38 Å². The van der Waals surface area contributed by atoms with Crippen molar-refractivity contribution < 1.29 is 13.2 Å². The first-order valence-corrected chi connectivity index (χ1v) is 4.97. The summed E-state index contributed by atoms with van der Waals surface area (Å²) >= 11 is -0.128. The number of alkyl halides is 3. The van der Waals surface area contributed by atoms with Gasteiger partial charge >= 0.3 is 5.51 Å². The Hall–Kier alpha value is -1.17. The lowest BCUT2D eigenvalue weighted by molar-refractivity contribution is -0.0328. The van der Waals surface area contributed by atoms with E-state index in [1.54, 1.807) is 23.7 Å². The van der Waals surface area contributed by atoms with Gasteiger partial charge in [0.15, 0.2) is 0 Å². The molecule has 0 atom stereocenters. The lowest BCUT2D eigenvalue weighted by Crippen LogP contribution is -1.99. The number of thioether (sulfide) groups is 1. The van der Waals surface area contributed by atoms with Crippen LogP contribution < -0.4 is 0 Å². The van der Waals surface area contributed by atoms with Crippen molar-refractivity contribution >= 4 is 17.4 Å². The van der Waals surface area contributed by atoms with E-state index in [2.05, 4.69) is 4.98 Å². The fourth-order valence-corrected chi connectivity index (χ4v) is 1.85. The molecule has 15 heavy (non-hydrogen) atoms. The summed E-state index contributed by atoms with van der Waals surface area (Å²) in [6.45, 7) is 1.80. The smallest absolute Gasteiger partial charge is 0.307 e. The van der Waals surface area contributed by atoms with Crippen molar-refractivity contribution in [2.24, 2.45) is 0 Å². The summed E-state index contributed by atoms with van der Waals surface area (Å²) in [7, 11) is 0. The highest BCUT2D eigenvalue weighted by Gasteiger charge is 2.29. The van der Waals surface area contributed by atoms with E-state index in [0.717, 1.165) is 5.69 Å². The summed E-state index contributed by atoms with van der Waals surface area (Å²) in [5.74, 6) is 0. The maximum atomic E-state index is 12.1. The molecule has 0 aliphatic rings. The number of aryl methyl sites for hydroxylation is 1. The Morgan fingerprint density at radius 2 is 2.13 bits per heavy atom. The molecule has 80 valence electrons. The molecule has 2 nitrogen and oxygen atoms in total. The van der Waals surface area contributed by atoms with Crippen LogP contribution in [0.5, 0.6) is 0 Å². The Balaban J connectivity index is 2.38. The molecule has 0 spiro atoms. The number of fused-ring (bicyclic) bond motifs is 1. The molecule has 0 aliphatic carbocycles. The molecule has 6 heteroatoms. The average molecular weight is 232 g/mol. The van der Waals surface area contributed by atoms with Crippen LogP contribution in [0.3, 0.4) is 0 Å². The van der Waals surface area contributed by atoms with Gasteiger partial charge in [-0.15, -0.1) is 0 Å². The Morgan fingerprint density at radius 3 is 2.80 bits per heavy atom. The molecule has 0 aliphatic heterocycles. The fraction of sp³-hybridized carbons (Fsp3) is 0.222. The summed E-state index contributed by atoms with van der Waals surface area (Å²) in [5, 5.41) is 0. The summed E-state index contributed by atoms with van der Waals surface area (Å²) in [5.41, 5.74) is -2.94. The molecular weight excluding hydrogens is 225 g/mol. The van der Waals surface area contributed by atoms with Crippen molar-refractivity contribution in [3.63, 3.8) is 0 Å². The van der Waals surface area contributed by atoms with Crippen LogP contribution in [-0.4, -0.2) is 14.9 Å². The van der Waals surface area contributed by atoms with Crippen LogP contribution in [0.2, 0.25) is 0 Å². The minimum atomic E-state index is -4.25. The second kappa shape index (κ2) is 3.44. The molecule has 0 N–H and O–H groups in total. The van der Waals surface area contributed by atoms with E-state index < -0.39 is 5.51 Å². The van der Waals surface area contributed by atoms with E-state index in [-0.39, 0.29) is 16.7 Å². The first kappa shape index (κ1) is 10.4. The van der Waals surface area contributed by atoms with Gasteiger partial charge in [0.05, 0.1) is 5.69 Å². The number of hydrogen-bond acceptors (Lipinski definition) is 2. The molecule has 0 radical (unpaired) electrons. The summed E-state index contributed by atoms with van der Waals surface area (Å²) < 4.78 is 37.9. The van der Waals surface area contributed by atoms with Crippen LogP contribution in [0, 0.1) is 6.92 Å². The van der Waals surface area contributed by atoms with Crippen LogP contribution in [0.25, 0.3) is 5.65 Å². The normalized spacial score (nSPS) is 12.3. The second-order valence-corrected chi connectivity index (χ2v) is 4.20. The molecule has 0 saturated carbocycles. The van der Waals surface area contributed by atoms with E-state index in [0.29, 0.717) is 5.65 Å². The standard InChI is InChI=1S/C9H7F3N2S/c1-6-5-14-3-2-7(4-8(14)13-6)15-9(10,11)12/h2-5H,1H3. The topological polar surface area (TPSA) is 17.3 Å². The predicted octanol–water partition coefficient (Wildman–Crippen LogP) is 3.25. The Kier molecular flexibility index (Phi) is 2.38. The molecule has 0 bridgehead atoms. The monoisotopic (exact) mass is 232 g/mol. The van der Waals surface area contributed by atoms with Crippen LogP contribution in [0.1, 0.15) is 5.69 Å². The minimum Gasteiger partial charge on any atom is -0.307 e. The molecule has 0 amide bonds. The molecule has 0 unspecified atom stereocenters. The highest BCUT2D eigenvalue weighted by Crippen LogP contribution is 2.36. The van der Waals surface area contributed by atoms with Crippen LogP contribution in [0.15, 0.2) is 29.4 Å². The lowest BCUT2D eigenvalue weighted by Gasteiger charge is -2.04. The van der Waals surface area contributed by atoms with Gasteiger partial charge in [0.2, 0.25) is 0 Å². The highest BCUT2D eigenvalue weighted by atomic mass is 32.2. The molecule has 0 saturated heterocycles. The first-order valence-electron chi connectivity index (χ1n) is 4.15. The van der Waals surface area contributed by atoms with E-state index >= 15 is 0 Å². The quantitative estimate of drug-likeness (QED) is 0.702. The number of hydrogen-bond donors (Lipinski definition) is 0. The Labute approximate surface area is 88.1 Å². The zero-order valence-corrected chi connectivity index (χ0v) is 8.56. The molecule has 0 fully saturated rings. The predicted molar refractivity (Wildman–Crippen MR) is 51.8 cm³/mol. The van der Waals surface area contributed by atoms with Crippen molar-refractivity contribution in [2.75, 3.05) is 0 Å². The Morgan fingerprint density at radius 1 is 1.40 bits per heavy atom. The van der Waals surface area contributed by atoms with Crippen LogP contribution in [0.4, 0.5) is 13.2 Å². The lowest BCUT2D eigenvalue weighted by atomic mass is 10.5. The number of halogens is 3. The highest BCUT2D eigenvalue weighted by molar-refractivity contribution is 8.00. The van der Waals surface area contributed by atoms with E-state index in [1.807, 2.05) is 0 Å². The number of rotatable bonds is 1. The summed E-state index contributed by atoms with van der Waals surface area (Å²) in [6.07, 6.45) is 3.33. The number of nitrogens with zero attached hydrogens (tertiary/aromatic N) is 2. The van der Waals surface area contributed by atoms with Crippen molar-refractivity contribution in [1.29, 1.82) is 0 Å². The van der Waals surface area contributed by atoms with Gasteiger partial charge in [-0.05, 0) is 30.8 Å². The zero-order valence-electron chi connectivity index (χ0n) is 7.75. The van der Waals surface area contributed by atoms with Gasteiger partial charge in [0.25, 0.3) is 0 Å². The van der Waals surface area contributed by atoms with E-state index in [1.165, 1.54) is 12.1 Å². The Bertz CT molecular complexity index is 490. The average Bonchev–Trinajstić information content (AvgIpc) is 2.40. The molecule has 2 heterocycles. The van der Waals surface area contributed by atoms with Gasteiger partial charge in [-0.3, -0.25) is 0 Å². The van der Waals surface area contributed by atoms with E-state index in [4.69, 9.17) is 0 Å². The van der Waals surface area contributed by atoms with Crippen molar-refractivity contribution in [3.8, 4) is 0 Å². The second-order valence-electron chi connectivity index (χ2n) is 3.06. The molecule has 0 aromatic carbocycles. The van der Waals surface area contributed by atoms with Gasteiger partial charge in [-0.2, -0.15) is 13.2 Å².